The van der Waals surface area contributed by atoms with Gasteiger partial charge in [0.2, 0.25) is 6.34 Å². The van der Waals surface area contributed by atoms with Gasteiger partial charge in [0.25, 0.3) is 0 Å². The van der Waals surface area contributed by atoms with Gasteiger partial charge in [0.15, 0.2) is 0 Å². The molecule has 0 amide bonds. The second-order valence-corrected chi connectivity index (χ2v) is 8.35. The van der Waals surface area contributed by atoms with Crippen molar-refractivity contribution in [2.45, 2.75) is 79.1 Å². The van der Waals surface area contributed by atoms with E-state index in [1.807, 2.05) is 0 Å². The predicted molar refractivity (Wildman–Crippen MR) is 127 cm³/mol. The van der Waals surface area contributed by atoms with Gasteiger partial charge in [-0.25, -0.2) is 9.48 Å². The van der Waals surface area contributed by atoms with Gasteiger partial charge in [0, 0.05) is 0 Å². The van der Waals surface area contributed by atoms with Crippen LogP contribution in [-0.2, 0) is 25.7 Å². The monoisotopic (exact) mass is 426 g/mol. The van der Waals surface area contributed by atoms with Crippen LogP contribution in [0.3, 0.4) is 0 Å². The molecule has 0 atom stereocenters. The van der Waals surface area contributed by atoms with Gasteiger partial charge in [-0.1, -0.05) is 89.8 Å². The maximum Gasteiger partial charge on any atom is 0.244 e. The molecule has 0 fully saturated rings. The predicted octanol–water partition coefficient (Wildman–Crippen LogP) is 3.69. The number of para-hydroxylation sites is 2. The molecule has 3 rings (SSSR count). The second-order valence-electron chi connectivity index (χ2n) is 8.35. The molecular weight excluding hydrogens is 388 g/mol. The van der Waals surface area contributed by atoms with Crippen molar-refractivity contribution in [1.29, 1.82) is 0 Å². The molecular formula is C27H39ClN2. The van der Waals surface area contributed by atoms with Crippen molar-refractivity contribution < 1.29 is 17.0 Å². The fourth-order valence-corrected chi connectivity index (χ4v) is 4.75. The van der Waals surface area contributed by atoms with Gasteiger partial charge in [-0.3, -0.25) is 0 Å². The average Bonchev–Trinajstić information content (AvgIpc) is 3.19. The Morgan fingerprint density at radius 3 is 1.60 bits per heavy atom. The molecule has 0 radical (unpaired) electrons. The zero-order chi connectivity index (χ0) is 20.6. The molecule has 0 saturated carbocycles. The number of anilines is 1. The Hall–Kier alpha value is -1.80. The molecule has 1 aliphatic heterocycles. The van der Waals surface area contributed by atoms with Crippen molar-refractivity contribution in [2.24, 2.45) is 0 Å². The third-order valence-electron chi connectivity index (χ3n) is 5.92. The summed E-state index contributed by atoms with van der Waals surface area (Å²) in [5.41, 5.74) is 8.98. The number of benzene rings is 2. The highest BCUT2D eigenvalue weighted by molar-refractivity contribution is 5.82. The minimum atomic E-state index is 0. The van der Waals surface area contributed by atoms with Gasteiger partial charge >= 0.3 is 0 Å². The molecule has 3 heteroatoms. The van der Waals surface area contributed by atoms with E-state index in [0.717, 1.165) is 38.8 Å². The van der Waals surface area contributed by atoms with Gasteiger partial charge < -0.3 is 12.4 Å². The molecule has 0 spiro atoms. The van der Waals surface area contributed by atoms with Gasteiger partial charge in [-0.2, -0.15) is 0 Å². The van der Waals surface area contributed by atoms with E-state index in [-0.39, 0.29) is 12.4 Å². The topological polar surface area (TPSA) is 6.25 Å². The molecule has 30 heavy (non-hydrogen) atoms. The highest BCUT2D eigenvalue weighted by atomic mass is 35.5. The summed E-state index contributed by atoms with van der Waals surface area (Å²) < 4.78 is 2.54. The number of hydrogen-bond acceptors (Lipinski definition) is 1. The largest absolute Gasteiger partial charge is 1.00 e. The molecule has 0 saturated heterocycles. The minimum Gasteiger partial charge on any atom is -1.00 e. The van der Waals surface area contributed by atoms with Crippen LogP contribution < -0.4 is 17.3 Å². The zero-order valence-electron chi connectivity index (χ0n) is 19.4. The summed E-state index contributed by atoms with van der Waals surface area (Å²) >= 11 is 0. The van der Waals surface area contributed by atoms with Crippen LogP contribution in [0.1, 0.15) is 75.6 Å². The van der Waals surface area contributed by atoms with Crippen LogP contribution >= 0.6 is 0 Å². The Bertz CT molecular complexity index is 792. The van der Waals surface area contributed by atoms with Gasteiger partial charge in [-0.15, -0.1) is 0 Å². The molecule has 0 unspecified atom stereocenters. The van der Waals surface area contributed by atoms with Crippen LogP contribution in [0.4, 0.5) is 11.4 Å². The molecule has 0 aliphatic carbocycles. The van der Waals surface area contributed by atoms with E-state index in [1.54, 1.807) is 0 Å². The zero-order valence-corrected chi connectivity index (χ0v) is 20.1. The second kappa shape index (κ2) is 12.2. The highest BCUT2D eigenvalue weighted by Crippen LogP contribution is 2.32. The molecule has 0 aromatic heterocycles. The lowest BCUT2D eigenvalue weighted by molar-refractivity contribution is -0.425. The quantitative estimate of drug-likeness (QED) is 0.525. The van der Waals surface area contributed by atoms with Gasteiger partial charge in [0.1, 0.15) is 24.5 Å². The maximum absolute atomic E-state index is 2.54. The lowest BCUT2D eigenvalue weighted by Gasteiger charge is -2.16. The van der Waals surface area contributed by atoms with Crippen molar-refractivity contribution >= 4 is 17.7 Å². The van der Waals surface area contributed by atoms with Crippen molar-refractivity contribution in [1.82, 2.24) is 0 Å². The molecule has 1 heterocycles. The maximum atomic E-state index is 2.54. The Labute approximate surface area is 190 Å². The summed E-state index contributed by atoms with van der Waals surface area (Å²) in [7, 11) is 0. The fraction of sp³-hybridized carbons (Fsp3) is 0.519. The van der Waals surface area contributed by atoms with E-state index >= 15 is 0 Å². The smallest absolute Gasteiger partial charge is 0.244 e. The summed E-state index contributed by atoms with van der Waals surface area (Å²) in [6.45, 7) is 11.3. The molecule has 2 aromatic rings. The number of hydrogen-bond donors (Lipinski definition) is 0. The highest BCUT2D eigenvalue weighted by Gasteiger charge is 2.28. The third-order valence-corrected chi connectivity index (χ3v) is 5.92. The van der Waals surface area contributed by atoms with Gasteiger partial charge in [0.05, 0.1) is 0 Å². The van der Waals surface area contributed by atoms with Crippen molar-refractivity contribution in [2.75, 3.05) is 18.0 Å². The molecule has 164 valence electrons. The first kappa shape index (κ1) is 24.5. The van der Waals surface area contributed by atoms with Crippen LogP contribution in [0.25, 0.3) is 0 Å². The first-order chi connectivity index (χ1) is 14.2. The lowest BCUT2D eigenvalue weighted by atomic mass is 9.99. The first-order valence-corrected chi connectivity index (χ1v) is 11.8. The first-order valence-electron chi connectivity index (χ1n) is 11.8. The van der Waals surface area contributed by atoms with Crippen LogP contribution in [-0.4, -0.2) is 24.0 Å². The van der Waals surface area contributed by atoms with E-state index in [1.165, 1.54) is 59.3 Å². The Morgan fingerprint density at radius 1 is 0.700 bits per heavy atom. The normalized spacial score (nSPS) is 13.3. The van der Waals surface area contributed by atoms with Crippen LogP contribution in [0.5, 0.6) is 0 Å². The van der Waals surface area contributed by atoms with Gasteiger partial charge in [-0.05, 0) is 47.9 Å². The van der Waals surface area contributed by atoms with Crippen LogP contribution in [0.15, 0.2) is 36.4 Å². The molecule has 0 N–H and O–H groups in total. The van der Waals surface area contributed by atoms with Crippen LogP contribution in [0.2, 0.25) is 0 Å². The number of nitrogens with zero attached hydrogens (tertiary/aromatic N) is 2. The molecule has 2 nitrogen and oxygen atoms in total. The van der Waals surface area contributed by atoms with Crippen molar-refractivity contribution in [3.63, 3.8) is 0 Å². The van der Waals surface area contributed by atoms with Crippen molar-refractivity contribution in [3.8, 4) is 0 Å². The molecule has 2 aromatic carbocycles. The number of aryl methyl sites for hydroxylation is 4. The fourth-order valence-electron chi connectivity index (χ4n) is 4.75. The van der Waals surface area contributed by atoms with E-state index in [2.05, 4.69) is 79.9 Å². The van der Waals surface area contributed by atoms with E-state index in [9.17, 15) is 0 Å². The van der Waals surface area contributed by atoms with Crippen molar-refractivity contribution in [3.05, 3.63) is 58.7 Å². The third kappa shape index (κ3) is 5.46. The van der Waals surface area contributed by atoms with E-state index in [4.69, 9.17) is 0 Å². The number of halogens is 1. The Balaban J connectivity index is 0.00000320. The average molecular weight is 427 g/mol. The Kier molecular flexibility index (Phi) is 9.91. The molecule has 1 aliphatic rings. The molecule has 0 bridgehead atoms. The van der Waals surface area contributed by atoms with E-state index in [0.29, 0.717) is 0 Å². The SMILES string of the molecule is CCCc1cccc(CCC)c1N1C=[N+](c2c(CCC)cccc2CCC)CC1.[Cl-]. The summed E-state index contributed by atoms with van der Waals surface area (Å²) in [6, 6.07) is 13.8. The summed E-state index contributed by atoms with van der Waals surface area (Å²) in [5.74, 6) is 0. The van der Waals surface area contributed by atoms with E-state index < -0.39 is 0 Å². The minimum absolute atomic E-state index is 0. The number of rotatable bonds is 10. The standard InChI is InChI=1S/C27H39N2.ClH/c1-5-11-22-15-9-16-23(12-6-2)26(22)28-19-20-29(21-28)27-24(13-7-3)17-10-18-25(27)14-8-4;/h9-10,15-18,21H,5-8,11-14,19-20H2,1-4H3;1H/q+1;/p-1. The Morgan fingerprint density at radius 2 is 1.13 bits per heavy atom. The van der Waals surface area contributed by atoms with Crippen LogP contribution in [0, 0.1) is 0 Å². The summed E-state index contributed by atoms with van der Waals surface area (Å²) in [5, 5.41) is 0. The lowest BCUT2D eigenvalue weighted by Crippen LogP contribution is -3.00. The summed E-state index contributed by atoms with van der Waals surface area (Å²) in [6.07, 6.45) is 11.8. The summed E-state index contributed by atoms with van der Waals surface area (Å²) in [4.78, 5) is 2.54.